The summed E-state index contributed by atoms with van der Waals surface area (Å²) in [4.78, 5) is 52.8. The quantitative estimate of drug-likeness (QED) is 0.0441. The topological polar surface area (TPSA) is 150 Å². The summed E-state index contributed by atoms with van der Waals surface area (Å²) in [5.74, 6) is 0.540. The number of nitrogens with one attached hydrogen (secondary N) is 1. The van der Waals surface area contributed by atoms with E-state index in [9.17, 15) is 24.5 Å². The number of halogens is 1. The lowest BCUT2D eigenvalue weighted by atomic mass is 9.84. The zero-order valence-corrected chi connectivity index (χ0v) is 33.2. The lowest BCUT2D eigenvalue weighted by molar-refractivity contribution is -0.384. The summed E-state index contributed by atoms with van der Waals surface area (Å²) < 4.78 is 22.3. The number of hydrogen-bond acceptors (Lipinski definition) is 9. The largest absolute Gasteiger partial charge is 0.513 e. The Labute approximate surface area is 318 Å². The number of hydrogen-bond donors (Lipinski definition) is 1. The van der Waals surface area contributed by atoms with Crippen LogP contribution in [0.2, 0.25) is 30.7 Å². The van der Waals surface area contributed by atoms with Gasteiger partial charge in [0, 0.05) is 63.9 Å². The van der Waals surface area contributed by atoms with Crippen molar-refractivity contribution in [2.45, 2.75) is 89.2 Å². The Bertz CT molecular complexity index is 1500. The molecule has 0 spiro atoms. The van der Waals surface area contributed by atoms with Crippen LogP contribution in [0.15, 0.2) is 48.5 Å². The van der Waals surface area contributed by atoms with Crippen LogP contribution in [0, 0.1) is 22.0 Å². The molecule has 2 aliphatic rings. The van der Waals surface area contributed by atoms with Crippen LogP contribution in [-0.4, -0.2) is 93.6 Å². The summed E-state index contributed by atoms with van der Waals surface area (Å²) in [7, 11) is 0.389. The van der Waals surface area contributed by atoms with Crippen LogP contribution < -0.4 is 10.1 Å². The molecule has 0 radical (unpaired) electrons. The first-order valence-electron chi connectivity index (χ1n) is 18.7. The van der Waals surface area contributed by atoms with Gasteiger partial charge in [-0.25, -0.2) is 14.4 Å². The smallest absolute Gasteiger partial charge is 0.450 e. The van der Waals surface area contributed by atoms with Gasteiger partial charge >= 0.3 is 18.3 Å². The maximum Gasteiger partial charge on any atom is 0.513 e. The van der Waals surface area contributed by atoms with Gasteiger partial charge in [0.1, 0.15) is 12.4 Å². The van der Waals surface area contributed by atoms with Gasteiger partial charge in [0.05, 0.1) is 24.2 Å². The number of nitro benzene ring substituents is 1. The first-order valence-corrected chi connectivity index (χ1v) is 22.8. The fourth-order valence-electron chi connectivity index (χ4n) is 6.92. The number of nitro groups is 1. The third-order valence-electron chi connectivity index (χ3n) is 9.75. The van der Waals surface area contributed by atoms with Crippen LogP contribution in [0.4, 0.5) is 20.1 Å². The van der Waals surface area contributed by atoms with E-state index in [-0.39, 0.29) is 48.7 Å². The van der Waals surface area contributed by atoms with Crippen LogP contribution in [0.5, 0.6) is 5.75 Å². The number of carbonyl (C=O) groups excluding carboxylic acids is 3. The summed E-state index contributed by atoms with van der Waals surface area (Å²) in [5, 5.41) is 14.7. The van der Waals surface area contributed by atoms with Crippen LogP contribution in [-0.2, 0) is 14.2 Å². The van der Waals surface area contributed by atoms with Crippen molar-refractivity contribution in [3.8, 4) is 5.75 Å². The average Bonchev–Trinajstić information content (AvgIpc) is 3.11. The number of non-ortho nitro benzene ring substituents is 1. The molecule has 292 valence electrons. The number of likely N-dealkylation sites (tertiary alicyclic amines) is 1. The second-order valence-electron chi connectivity index (χ2n) is 15.3. The van der Waals surface area contributed by atoms with Gasteiger partial charge in [-0.15, -0.1) is 0 Å². The van der Waals surface area contributed by atoms with E-state index in [1.807, 2.05) is 23.1 Å². The highest BCUT2D eigenvalue weighted by Crippen LogP contribution is 2.34. The molecule has 1 aliphatic heterocycles. The first-order chi connectivity index (χ1) is 25.3. The Morgan fingerprint density at radius 1 is 1.00 bits per heavy atom. The van der Waals surface area contributed by atoms with Crippen molar-refractivity contribution < 1.29 is 38.3 Å². The fourth-order valence-corrected chi connectivity index (χ4v) is 7.83. The number of urea groups is 1. The normalized spacial score (nSPS) is 17.7. The molecule has 53 heavy (non-hydrogen) atoms. The average molecular weight is 775 g/mol. The van der Waals surface area contributed by atoms with Crippen LogP contribution in [0.25, 0.3) is 0 Å². The summed E-state index contributed by atoms with van der Waals surface area (Å²) in [6.07, 6.45) is 6.47. The number of carbonyl (C=O) groups is 3. The minimum Gasteiger partial charge on any atom is -0.450 e. The number of benzene rings is 2. The van der Waals surface area contributed by atoms with E-state index in [2.05, 4.69) is 25.0 Å². The predicted octanol–water partition coefficient (Wildman–Crippen LogP) is 8.69. The zero-order chi connectivity index (χ0) is 38.4. The molecule has 1 heterocycles. The Balaban J connectivity index is 1.36. The molecule has 0 unspecified atom stereocenters. The monoisotopic (exact) mass is 774 g/mol. The lowest BCUT2D eigenvalue weighted by Gasteiger charge is -2.38. The maximum absolute atomic E-state index is 13.9. The highest BCUT2D eigenvalue weighted by molar-refractivity contribution is 6.76. The highest BCUT2D eigenvalue weighted by atomic mass is 35.5. The van der Waals surface area contributed by atoms with Crippen molar-refractivity contribution in [2.24, 2.45) is 11.8 Å². The Kier molecular flexibility index (Phi) is 16.2. The SMILES string of the molecule is CN(C[C@H](CC1CCCCC1)NC(=O)N1CCC[C@@H]([C@@H](OCCOC(=O)Oc2ccc([N+](=O)[O-])cc2)c2cccc(Cl)c2)C1)C(=O)OCC[Si](C)(C)C. The number of rotatable bonds is 16. The standard InChI is InChI=1S/C38H55ClN4O9Si/c1-41(37(45)50-22-23-53(2,3)4)27-32(24-28-10-6-5-7-11-28)40-36(44)42-19-9-13-30(26-42)35(29-12-8-14-31(39)25-29)49-20-21-51-38(46)52-34-17-15-33(16-18-34)43(47)48/h8,12,14-18,25,28,30,32,35H,5-7,9-11,13,19-24,26-27H2,1-4H3,(H,40,44)/t30-,32+,35+/m1/s1. The second kappa shape index (κ2) is 20.5. The Hall–Kier alpha value is -3.88. The molecule has 1 aliphatic carbocycles. The third kappa shape index (κ3) is 14.5. The molecule has 3 atom stereocenters. The van der Waals surface area contributed by atoms with Gasteiger partial charge in [0.2, 0.25) is 0 Å². The number of nitrogens with zero attached hydrogens (tertiary/aromatic N) is 3. The maximum atomic E-state index is 13.9. The van der Waals surface area contributed by atoms with Gasteiger partial charge in [-0.3, -0.25) is 10.1 Å². The molecule has 4 rings (SSSR count). The molecule has 0 aromatic heterocycles. The molecule has 2 aromatic carbocycles. The number of likely N-dealkylation sites (N-methyl/N-ethyl adjacent to an activating group) is 1. The summed E-state index contributed by atoms with van der Waals surface area (Å²) in [6, 6.07) is 13.0. The lowest BCUT2D eigenvalue weighted by Crippen LogP contribution is -2.52. The van der Waals surface area contributed by atoms with E-state index in [0.29, 0.717) is 37.2 Å². The minimum atomic E-state index is -1.35. The molecular formula is C38H55ClN4O9Si. The van der Waals surface area contributed by atoms with Gasteiger partial charge < -0.3 is 34.1 Å². The van der Waals surface area contributed by atoms with Crippen molar-refractivity contribution in [2.75, 3.05) is 46.5 Å². The Morgan fingerprint density at radius 3 is 2.42 bits per heavy atom. The van der Waals surface area contributed by atoms with Crippen LogP contribution >= 0.6 is 11.6 Å². The molecule has 3 amide bonds. The molecule has 2 aromatic rings. The third-order valence-corrected chi connectivity index (χ3v) is 11.7. The van der Waals surface area contributed by atoms with Crippen molar-refractivity contribution in [3.63, 3.8) is 0 Å². The van der Waals surface area contributed by atoms with Gasteiger partial charge in [-0.1, -0.05) is 75.5 Å². The predicted molar refractivity (Wildman–Crippen MR) is 205 cm³/mol. The van der Waals surface area contributed by atoms with Gasteiger partial charge in [0.25, 0.3) is 5.69 Å². The van der Waals surface area contributed by atoms with E-state index in [0.717, 1.165) is 43.7 Å². The van der Waals surface area contributed by atoms with Crippen LogP contribution in [0.1, 0.15) is 63.0 Å². The number of ether oxygens (including phenoxy) is 4. The molecule has 15 heteroatoms. The van der Waals surface area contributed by atoms with E-state index >= 15 is 0 Å². The van der Waals surface area contributed by atoms with Crippen molar-refractivity contribution >= 4 is 43.6 Å². The first kappa shape index (κ1) is 41.9. The van der Waals surface area contributed by atoms with E-state index in [4.69, 9.17) is 30.5 Å². The van der Waals surface area contributed by atoms with Crippen molar-refractivity contribution in [3.05, 3.63) is 69.2 Å². The molecule has 2 fully saturated rings. The molecule has 1 saturated heterocycles. The van der Waals surface area contributed by atoms with Crippen LogP contribution in [0.3, 0.4) is 0 Å². The van der Waals surface area contributed by atoms with Crippen molar-refractivity contribution in [1.29, 1.82) is 0 Å². The molecule has 1 N–H and O–H groups in total. The van der Waals surface area contributed by atoms with Gasteiger partial charge in [-0.05, 0) is 61.1 Å². The van der Waals surface area contributed by atoms with Gasteiger partial charge in [0.15, 0.2) is 0 Å². The van der Waals surface area contributed by atoms with E-state index < -0.39 is 25.3 Å². The fraction of sp³-hybridized carbons (Fsp3) is 0.605. The minimum absolute atomic E-state index is 0.0546. The highest BCUT2D eigenvalue weighted by Gasteiger charge is 2.33. The van der Waals surface area contributed by atoms with E-state index in [1.165, 1.54) is 43.5 Å². The van der Waals surface area contributed by atoms with Gasteiger partial charge in [-0.2, -0.15) is 0 Å². The second-order valence-corrected chi connectivity index (χ2v) is 21.4. The van der Waals surface area contributed by atoms with Crippen molar-refractivity contribution in [1.82, 2.24) is 15.1 Å². The molecular weight excluding hydrogens is 720 g/mol. The molecule has 13 nitrogen and oxygen atoms in total. The summed E-state index contributed by atoms with van der Waals surface area (Å²) in [5.41, 5.74) is 0.726. The summed E-state index contributed by atoms with van der Waals surface area (Å²) in [6.45, 7) is 8.50. The molecule has 0 bridgehead atoms. The summed E-state index contributed by atoms with van der Waals surface area (Å²) >= 11 is 6.37. The zero-order valence-electron chi connectivity index (χ0n) is 31.4. The molecule has 1 saturated carbocycles. The number of amides is 3. The Morgan fingerprint density at radius 2 is 1.74 bits per heavy atom. The number of piperidine rings is 1. The van der Waals surface area contributed by atoms with E-state index in [1.54, 1.807) is 18.0 Å².